The summed E-state index contributed by atoms with van der Waals surface area (Å²) in [5, 5.41) is 7.33. The van der Waals surface area contributed by atoms with Gasteiger partial charge in [-0.15, -0.1) is 24.8 Å². The number of hydrogen-bond acceptors (Lipinski definition) is 4. The second-order valence-corrected chi connectivity index (χ2v) is 5.26. The van der Waals surface area contributed by atoms with Crippen LogP contribution in [0, 0.1) is 5.41 Å². The monoisotopic (exact) mass is 385 g/mol. The molecule has 2 rings (SSSR count). The van der Waals surface area contributed by atoms with Gasteiger partial charge < -0.3 is 20.9 Å². The number of benzene rings is 2. The molecule has 0 aromatic heterocycles. The van der Waals surface area contributed by atoms with Crippen molar-refractivity contribution in [3.05, 3.63) is 54.1 Å². The Hall–Kier alpha value is -2.11. The highest BCUT2D eigenvalue weighted by Crippen LogP contribution is 2.14. The molecular formula is C18H25Cl2N3O2. The van der Waals surface area contributed by atoms with Crippen LogP contribution < -0.4 is 20.9 Å². The van der Waals surface area contributed by atoms with Crippen molar-refractivity contribution in [3.8, 4) is 11.5 Å². The van der Waals surface area contributed by atoms with Crippen molar-refractivity contribution in [1.29, 1.82) is 5.41 Å². The van der Waals surface area contributed by atoms with E-state index >= 15 is 0 Å². The molecule has 25 heavy (non-hydrogen) atoms. The van der Waals surface area contributed by atoms with Gasteiger partial charge in [-0.3, -0.25) is 5.41 Å². The second-order valence-electron chi connectivity index (χ2n) is 5.26. The molecule has 0 heterocycles. The van der Waals surface area contributed by atoms with E-state index in [4.69, 9.17) is 26.4 Å². The topological polar surface area (TPSA) is 94.4 Å². The van der Waals surface area contributed by atoms with E-state index in [1.54, 1.807) is 12.1 Å². The third-order valence-corrected chi connectivity index (χ3v) is 3.37. The quantitative estimate of drug-likeness (QED) is 0.263. The number of anilines is 1. The maximum atomic E-state index is 7.33. The molecule has 0 aliphatic rings. The second kappa shape index (κ2) is 12.3. The van der Waals surface area contributed by atoms with Crippen LogP contribution in [0.25, 0.3) is 0 Å². The number of nitrogen functional groups attached to an aromatic ring is 2. The first-order valence-electron chi connectivity index (χ1n) is 7.71. The Kier molecular flexibility index (Phi) is 11.2. The Balaban J connectivity index is 0.00000288. The number of hydrogen-bond donors (Lipinski definition) is 3. The number of nitrogens with one attached hydrogen (secondary N) is 1. The van der Waals surface area contributed by atoms with Gasteiger partial charge in [0, 0.05) is 11.3 Å². The Labute approximate surface area is 161 Å². The lowest BCUT2D eigenvalue weighted by Gasteiger charge is -2.08. The Morgan fingerprint density at radius 3 is 1.64 bits per heavy atom. The summed E-state index contributed by atoms with van der Waals surface area (Å²) in [6.45, 7) is 1.36. The average molecular weight is 386 g/mol. The van der Waals surface area contributed by atoms with Crippen molar-refractivity contribution < 1.29 is 9.47 Å². The fraction of sp³-hybridized carbons (Fsp3) is 0.278. The van der Waals surface area contributed by atoms with Crippen molar-refractivity contribution in [2.24, 2.45) is 5.73 Å². The zero-order valence-corrected chi connectivity index (χ0v) is 15.6. The van der Waals surface area contributed by atoms with Gasteiger partial charge in [-0.1, -0.05) is 0 Å². The Bertz CT molecular complexity index is 619. The molecule has 0 bridgehead atoms. The van der Waals surface area contributed by atoms with Crippen LogP contribution in [-0.4, -0.2) is 19.0 Å². The van der Waals surface area contributed by atoms with Crippen molar-refractivity contribution in [2.45, 2.75) is 19.3 Å². The van der Waals surface area contributed by atoms with Gasteiger partial charge in [0.25, 0.3) is 0 Å². The molecule has 0 aliphatic carbocycles. The molecular weight excluding hydrogens is 361 g/mol. The van der Waals surface area contributed by atoms with Gasteiger partial charge in [0.1, 0.15) is 17.3 Å². The summed E-state index contributed by atoms with van der Waals surface area (Å²) in [7, 11) is 0. The molecule has 0 amide bonds. The minimum absolute atomic E-state index is 0. The number of unbranched alkanes of at least 4 members (excludes halogenated alkanes) is 2. The SMILES string of the molecule is Cl.Cl.N=C(N)c1ccc(OCCCCCOc2ccc(N)cc2)cc1. The van der Waals surface area contributed by atoms with Crippen LogP contribution in [0.4, 0.5) is 5.69 Å². The maximum absolute atomic E-state index is 7.33. The molecule has 0 spiro atoms. The van der Waals surface area contributed by atoms with Crippen LogP contribution in [0.5, 0.6) is 11.5 Å². The minimum Gasteiger partial charge on any atom is -0.494 e. The van der Waals surface area contributed by atoms with Gasteiger partial charge in [0.15, 0.2) is 0 Å². The Morgan fingerprint density at radius 2 is 1.20 bits per heavy atom. The first-order chi connectivity index (χ1) is 11.1. The number of nitrogens with two attached hydrogens (primary N) is 2. The fourth-order valence-corrected chi connectivity index (χ4v) is 2.06. The predicted molar refractivity (Wildman–Crippen MR) is 108 cm³/mol. The molecule has 7 heteroatoms. The molecule has 138 valence electrons. The lowest BCUT2D eigenvalue weighted by Crippen LogP contribution is -2.10. The maximum Gasteiger partial charge on any atom is 0.122 e. The standard InChI is InChI=1S/C18H23N3O2.2ClH/c19-15-6-10-17(11-7-15)23-13-3-1-2-12-22-16-8-4-14(5-9-16)18(20)21;;/h4-11H,1-3,12-13,19H2,(H3,20,21);2*1H. The molecule has 0 unspecified atom stereocenters. The lowest BCUT2D eigenvalue weighted by molar-refractivity contribution is 0.279. The van der Waals surface area contributed by atoms with Gasteiger partial charge in [-0.2, -0.15) is 0 Å². The summed E-state index contributed by atoms with van der Waals surface area (Å²) in [5.74, 6) is 1.71. The van der Waals surface area contributed by atoms with Crippen LogP contribution in [0.2, 0.25) is 0 Å². The van der Waals surface area contributed by atoms with E-state index < -0.39 is 0 Å². The number of ether oxygens (including phenoxy) is 2. The zero-order chi connectivity index (χ0) is 16.5. The van der Waals surface area contributed by atoms with Gasteiger partial charge in [0.05, 0.1) is 13.2 Å². The molecule has 0 fully saturated rings. The molecule has 0 saturated heterocycles. The first kappa shape index (κ1) is 22.9. The van der Waals surface area contributed by atoms with Crippen molar-refractivity contribution in [3.63, 3.8) is 0 Å². The summed E-state index contributed by atoms with van der Waals surface area (Å²) in [6.07, 6.45) is 3.00. The molecule has 2 aromatic carbocycles. The van der Waals surface area contributed by atoms with E-state index in [2.05, 4.69) is 0 Å². The number of halogens is 2. The summed E-state index contributed by atoms with van der Waals surface area (Å²) < 4.78 is 11.3. The van der Waals surface area contributed by atoms with Crippen molar-refractivity contribution >= 4 is 36.3 Å². The molecule has 0 aliphatic heterocycles. The smallest absolute Gasteiger partial charge is 0.122 e. The highest BCUT2D eigenvalue weighted by atomic mass is 35.5. The Morgan fingerprint density at radius 1 is 0.760 bits per heavy atom. The number of rotatable bonds is 9. The van der Waals surface area contributed by atoms with Crippen molar-refractivity contribution in [2.75, 3.05) is 18.9 Å². The highest BCUT2D eigenvalue weighted by molar-refractivity contribution is 5.94. The molecule has 5 N–H and O–H groups in total. The fourth-order valence-electron chi connectivity index (χ4n) is 2.06. The summed E-state index contributed by atoms with van der Waals surface area (Å²) >= 11 is 0. The van der Waals surface area contributed by atoms with E-state index in [9.17, 15) is 0 Å². The third-order valence-electron chi connectivity index (χ3n) is 3.37. The molecule has 0 radical (unpaired) electrons. The number of amidine groups is 1. The normalized spacial score (nSPS) is 9.44. The van der Waals surface area contributed by atoms with Gasteiger partial charge in [-0.25, -0.2) is 0 Å². The van der Waals surface area contributed by atoms with Crippen molar-refractivity contribution in [1.82, 2.24) is 0 Å². The summed E-state index contributed by atoms with van der Waals surface area (Å²) in [6, 6.07) is 14.7. The first-order valence-corrected chi connectivity index (χ1v) is 7.71. The van der Waals surface area contributed by atoms with Gasteiger partial charge in [-0.05, 0) is 67.8 Å². The van der Waals surface area contributed by atoms with Crippen LogP contribution in [0.3, 0.4) is 0 Å². The van der Waals surface area contributed by atoms with E-state index in [1.165, 1.54) is 0 Å². The van der Waals surface area contributed by atoms with E-state index in [-0.39, 0.29) is 30.6 Å². The third kappa shape index (κ3) is 8.52. The van der Waals surface area contributed by atoms with E-state index in [0.717, 1.165) is 36.4 Å². The summed E-state index contributed by atoms with van der Waals surface area (Å²) in [5.41, 5.74) is 12.5. The minimum atomic E-state index is 0. The van der Waals surface area contributed by atoms with Crippen LogP contribution >= 0.6 is 24.8 Å². The largest absolute Gasteiger partial charge is 0.494 e. The van der Waals surface area contributed by atoms with Gasteiger partial charge >= 0.3 is 0 Å². The predicted octanol–water partition coefficient (Wildman–Crippen LogP) is 4.02. The van der Waals surface area contributed by atoms with Gasteiger partial charge in [0.2, 0.25) is 0 Å². The van der Waals surface area contributed by atoms with Crippen LogP contribution in [-0.2, 0) is 0 Å². The van der Waals surface area contributed by atoms with E-state index in [1.807, 2.05) is 36.4 Å². The lowest BCUT2D eigenvalue weighted by atomic mass is 10.2. The van der Waals surface area contributed by atoms with E-state index in [0.29, 0.717) is 18.8 Å². The average Bonchev–Trinajstić information content (AvgIpc) is 2.56. The zero-order valence-electron chi connectivity index (χ0n) is 13.9. The highest BCUT2D eigenvalue weighted by Gasteiger charge is 1.98. The van der Waals surface area contributed by atoms with Crippen LogP contribution in [0.1, 0.15) is 24.8 Å². The van der Waals surface area contributed by atoms with Crippen LogP contribution in [0.15, 0.2) is 48.5 Å². The molecule has 0 saturated carbocycles. The molecule has 0 atom stereocenters. The summed E-state index contributed by atoms with van der Waals surface area (Å²) in [4.78, 5) is 0. The molecule has 2 aromatic rings. The molecule has 5 nitrogen and oxygen atoms in total.